The first-order chi connectivity index (χ1) is 10.1. The Balaban J connectivity index is 1.86. The molecule has 0 unspecified atom stereocenters. The molecular formula is C16H14N2O2S. The Morgan fingerprint density at radius 1 is 1.19 bits per heavy atom. The van der Waals surface area contributed by atoms with Crippen molar-refractivity contribution >= 4 is 28.2 Å². The zero-order chi connectivity index (χ0) is 14.8. The summed E-state index contributed by atoms with van der Waals surface area (Å²) in [6.45, 7) is 3.76. The predicted octanol–water partition coefficient (Wildman–Crippen LogP) is 3.78. The molecule has 4 nitrogen and oxygen atoms in total. The fraction of sp³-hybridized carbons (Fsp3) is 0.188. The first kappa shape index (κ1) is 13.7. The molecule has 0 bridgehead atoms. The van der Waals surface area contributed by atoms with E-state index in [0.717, 1.165) is 22.4 Å². The van der Waals surface area contributed by atoms with E-state index in [2.05, 4.69) is 9.97 Å². The summed E-state index contributed by atoms with van der Waals surface area (Å²) in [4.78, 5) is 21.2. The minimum Gasteiger partial charge on any atom is -0.486 e. The van der Waals surface area contributed by atoms with Gasteiger partial charge in [0.15, 0.2) is 5.78 Å². The lowest BCUT2D eigenvalue weighted by Crippen LogP contribution is -2.04. The number of nitrogens with zero attached hydrogens (tertiary/aromatic N) is 2. The van der Waals surface area contributed by atoms with E-state index in [1.807, 2.05) is 42.6 Å². The summed E-state index contributed by atoms with van der Waals surface area (Å²) < 4.78 is 5.74. The number of aryl methyl sites for hydroxylation is 1. The molecule has 2 aromatic heterocycles. The molecule has 3 rings (SSSR count). The highest BCUT2D eigenvalue weighted by molar-refractivity contribution is 7.12. The topological polar surface area (TPSA) is 52.1 Å². The van der Waals surface area contributed by atoms with Crippen LogP contribution in [0.25, 0.3) is 11.0 Å². The molecule has 0 aliphatic heterocycles. The first-order valence-electron chi connectivity index (χ1n) is 6.58. The van der Waals surface area contributed by atoms with Crippen LogP contribution in [0.5, 0.6) is 5.75 Å². The van der Waals surface area contributed by atoms with Crippen molar-refractivity contribution in [1.29, 1.82) is 0 Å². The number of ether oxygens (including phenoxy) is 1. The summed E-state index contributed by atoms with van der Waals surface area (Å²) in [7, 11) is 0. The summed E-state index contributed by atoms with van der Waals surface area (Å²) in [5.41, 5.74) is 3.35. The van der Waals surface area contributed by atoms with Crippen LogP contribution in [0.4, 0.5) is 0 Å². The molecule has 0 spiro atoms. The van der Waals surface area contributed by atoms with E-state index in [-0.39, 0.29) is 5.78 Å². The summed E-state index contributed by atoms with van der Waals surface area (Å²) in [5, 5.41) is 1.85. The molecule has 0 amide bonds. The summed E-state index contributed by atoms with van der Waals surface area (Å²) in [5.74, 6) is 0.628. The molecule has 0 aliphatic rings. The van der Waals surface area contributed by atoms with Crippen molar-refractivity contribution in [1.82, 2.24) is 9.97 Å². The van der Waals surface area contributed by atoms with Crippen LogP contribution in [-0.4, -0.2) is 15.8 Å². The maximum absolute atomic E-state index is 11.5. The third kappa shape index (κ3) is 2.78. The number of para-hydroxylation sites is 2. The van der Waals surface area contributed by atoms with E-state index in [1.54, 1.807) is 6.92 Å². The SMILES string of the molecule is CC(=O)c1sccc1OCc1nc2ccccc2nc1C. The molecule has 0 N–H and O–H groups in total. The number of ketones is 1. The van der Waals surface area contributed by atoms with Gasteiger partial charge in [-0.15, -0.1) is 11.3 Å². The van der Waals surface area contributed by atoms with Crippen LogP contribution in [0, 0.1) is 6.92 Å². The zero-order valence-corrected chi connectivity index (χ0v) is 12.6. The first-order valence-corrected chi connectivity index (χ1v) is 7.46. The normalized spacial score (nSPS) is 10.8. The predicted molar refractivity (Wildman–Crippen MR) is 82.9 cm³/mol. The van der Waals surface area contributed by atoms with Gasteiger partial charge < -0.3 is 4.74 Å². The Morgan fingerprint density at radius 2 is 1.90 bits per heavy atom. The van der Waals surface area contributed by atoms with Crippen molar-refractivity contribution in [2.45, 2.75) is 20.5 Å². The Morgan fingerprint density at radius 3 is 2.62 bits per heavy atom. The summed E-state index contributed by atoms with van der Waals surface area (Å²) >= 11 is 1.39. The van der Waals surface area contributed by atoms with Gasteiger partial charge in [0, 0.05) is 6.92 Å². The third-order valence-corrected chi connectivity index (χ3v) is 4.15. The average molecular weight is 298 g/mol. The van der Waals surface area contributed by atoms with Crippen molar-refractivity contribution in [3.8, 4) is 5.75 Å². The Labute approximate surface area is 126 Å². The van der Waals surface area contributed by atoms with Crippen molar-refractivity contribution in [2.75, 3.05) is 0 Å². The maximum Gasteiger partial charge on any atom is 0.173 e. The maximum atomic E-state index is 11.5. The van der Waals surface area contributed by atoms with E-state index < -0.39 is 0 Å². The minimum absolute atomic E-state index is 0.0151. The van der Waals surface area contributed by atoms with Crippen molar-refractivity contribution in [3.05, 3.63) is 52.0 Å². The van der Waals surface area contributed by atoms with Gasteiger partial charge in [0.2, 0.25) is 0 Å². The van der Waals surface area contributed by atoms with Gasteiger partial charge in [-0.05, 0) is 30.5 Å². The lowest BCUT2D eigenvalue weighted by atomic mass is 10.2. The molecule has 0 aliphatic carbocycles. The number of thiophene rings is 1. The number of hydrogen-bond donors (Lipinski definition) is 0. The van der Waals surface area contributed by atoms with Gasteiger partial charge in [0.05, 0.1) is 22.4 Å². The van der Waals surface area contributed by atoms with E-state index in [0.29, 0.717) is 17.2 Å². The Kier molecular flexibility index (Phi) is 3.66. The lowest BCUT2D eigenvalue weighted by molar-refractivity contribution is 0.101. The number of rotatable bonds is 4. The van der Waals surface area contributed by atoms with Crippen LogP contribution in [0.3, 0.4) is 0 Å². The lowest BCUT2D eigenvalue weighted by Gasteiger charge is -2.08. The highest BCUT2D eigenvalue weighted by Gasteiger charge is 2.12. The van der Waals surface area contributed by atoms with Crippen LogP contribution >= 0.6 is 11.3 Å². The van der Waals surface area contributed by atoms with Gasteiger partial charge in [-0.3, -0.25) is 4.79 Å². The number of aromatic nitrogens is 2. The average Bonchev–Trinajstić information content (AvgIpc) is 2.93. The Hall–Kier alpha value is -2.27. The van der Waals surface area contributed by atoms with Crippen molar-refractivity contribution in [2.24, 2.45) is 0 Å². The van der Waals surface area contributed by atoms with Crippen LogP contribution in [-0.2, 0) is 6.61 Å². The molecule has 1 aromatic carbocycles. The number of carbonyl (C=O) groups is 1. The smallest absolute Gasteiger partial charge is 0.173 e. The largest absolute Gasteiger partial charge is 0.486 e. The molecule has 0 fully saturated rings. The van der Waals surface area contributed by atoms with Gasteiger partial charge in [0.25, 0.3) is 0 Å². The van der Waals surface area contributed by atoms with E-state index in [9.17, 15) is 4.79 Å². The molecule has 0 radical (unpaired) electrons. The van der Waals surface area contributed by atoms with E-state index in [1.165, 1.54) is 11.3 Å². The zero-order valence-electron chi connectivity index (χ0n) is 11.8. The van der Waals surface area contributed by atoms with Gasteiger partial charge in [0.1, 0.15) is 17.2 Å². The van der Waals surface area contributed by atoms with E-state index >= 15 is 0 Å². The quantitative estimate of drug-likeness (QED) is 0.688. The fourth-order valence-electron chi connectivity index (χ4n) is 2.08. The van der Waals surface area contributed by atoms with Crippen LogP contribution in [0.15, 0.2) is 35.7 Å². The third-order valence-electron chi connectivity index (χ3n) is 3.16. The van der Waals surface area contributed by atoms with Gasteiger partial charge in [-0.1, -0.05) is 12.1 Å². The van der Waals surface area contributed by atoms with Crippen LogP contribution in [0.2, 0.25) is 0 Å². The van der Waals surface area contributed by atoms with E-state index in [4.69, 9.17) is 4.74 Å². The number of fused-ring (bicyclic) bond motifs is 1. The van der Waals surface area contributed by atoms with Gasteiger partial charge >= 0.3 is 0 Å². The second kappa shape index (κ2) is 5.61. The Bertz CT molecular complexity index is 811. The minimum atomic E-state index is 0.0151. The molecule has 0 saturated carbocycles. The van der Waals surface area contributed by atoms with Crippen LogP contribution < -0.4 is 4.74 Å². The highest BCUT2D eigenvalue weighted by Crippen LogP contribution is 2.26. The molecule has 21 heavy (non-hydrogen) atoms. The number of carbonyl (C=O) groups excluding carboxylic acids is 1. The standard InChI is InChI=1S/C16H14N2O2S/c1-10-14(18-13-6-4-3-5-12(13)17-10)9-20-15-7-8-21-16(15)11(2)19/h3-8H,9H2,1-2H3. The molecule has 3 aromatic rings. The molecule has 2 heterocycles. The molecular weight excluding hydrogens is 284 g/mol. The second-order valence-corrected chi connectivity index (χ2v) is 5.62. The number of benzene rings is 1. The summed E-state index contributed by atoms with van der Waals surface area (Å²) in [6, 6.07) is 9.55. The molecule has 106 valence electrons. The van der Waals surface area contributed by atoms with Gasteiger partial charge in [-0.2, -0.15) is 0 Å². The monoisotopic (exact) mass is 298 g/mol. The highest BCUT2D eigenvalue weighted by atomic mass is 32.1. The van der Waals surface area contributed by atoms with Crippen molar-refractivity contribution < 1.29 is 9.53 Å². The second-order valence-electron chi connectivity index (χ2n) is 4.70. The number of hydrogen-bond acceptors (Lipinski definition) is 5. The van der Waals surface area contributed by atoms with Crippen LogP contribution in [0.1, 0.15) is 28.0 Å². The van der Waals surface area contributed by atoms with Crippen molar-refractivity contribution in [3.63, 3.8) is 0 Å². The summed E-state index contributed by atoms with van der Waals surface area (Å²) in [6.07, 6.45) is 0. The fourth-order valence-corrected chi connectivity index (χ4v) is 2.81. The molecule has 0 saturated heterocycles. The molecule has 0 atom stereocenters. The van der Waals surface area contributed by atoms with Gasteiger partial charge in [-0.25, -0.2) is 9.97 Å². The molecule has 5 heteroatoms. The number of Topliss-reactive ketones (excluding diaryl/α,β-unsaturated/α-hetero) is 1.